The summed E-state index contributed by atoms with van der Waals surface area (Å²) in [4.78, 5) is 12.7. The molecule has 0 unspecified atom stereocenters. The van der Waals surface area contributed by atoms with Gasteiger partial charge in [0.05, 0.1) is 18.7 Å². The van der Waals surface area contributed by atoms with Crippen LogP contribution in [0, 0.1) is 0 Å². The van der Waals surface area contributed by atoms with E-state index < -0.39 is 5.67 Å². The average molecular weight is 335 g/mol. The van der Waals surface area contributed by atoms with Crippen LogP contribution in [0.25, 0.3) is 0 Å². The van der Waals surface area contributed by atoms with Gasteiger partial charge < -0.3 is 21.1 Å². The van der Waals surface area contributed by atoms with Gasteiger partial charge >= 0.3 is 0 Å². The molecule has 0 bridgehead atoms. The van der Waals surface area contributed by atoms with Crippen LogP contribution in [0.3, 0.4) is 0 Å². The molecule has 132 valence electrons. The number of anilines is 1. The molecular formula is C18H26FN3O2. The van der Waals surface area contributed by atoms with Gasteiger partial charge in [-0.05, 0) is 56.8 Å². The highest BCUT2D eigenvalue weighted by Gasteiger charge is 2.33. The Bertz CT molecular complexity index is 627. The average Bonchev–Trinajstić information content (AvgIpc) is 2.61. The lowest BCUT2D eigenvalue weighted by Gasteiger charge is -2.30. The summed E-state index contributed by atoms with van der Waals surface area (Å²) in [7, 11) is 0. The Kier molecular flexibility index (Phi) is 4.94. The number of nitrogens with two attached hydrogens (primary N) is 1. The molecule has 24 heavy (non-hydrogen) atoms. The number of ether oxygens (including phenoxy) is 1. The van der Waals surface area contributed by atoms with Crippen LogP contribution in [0.5, 0.6) is 5.75 Å². The number of benzene rings is 1. The molecule has 3 rings (SSSR count). The van der Waals surface area contributed by atoms with Crippen molar-refractivity contribution in [2.75, 3.05) is 32.0 Å². The fraction of sp³-hybridized carbons (Fsp3) is 0.611. The van der Waals surface area contributed by atoms with Crippen LogP contribution in [-0.2, 0) is 12.8 Å². The second-order valence-electron chi connectivity index (χ2n) is 6.69. The summed E-state index contributed by atoms with van der Waals surface area (Å²) in [6.45, 7) is 3.92. The van der Waals surface area contributed by atoms with Crippen molar-refractivity contribution in [1.82, 2.24) is 10.6 Å². The van der Waals surface area contributed by atoms with E-state index in [1.165, 1.54) is 0 Å². The highest BCUT2D eigenvalue weighted by Crippen LogP contribution is 2.36. The van der Waals surface area contributed by atoms with Crippen molar-refractivity contribution in [3.63, 3.8) is 0 Å². The predicted octanol–water partition coefficient (Wildman–Crippen LogP) is 1.98. The fourth-order valence-electron chi connectivity index (χ4n) is 3.48. The Morgan fingerprint density at radius 2 is 2.21 bits per heavy atom. The summed E-state index contributed by atoms with van der Waals surface area (Å²) >= 11 is 0. The van der Waals surface area contributed by atoms with Crippen molar-refractivity contribution in [2.24, 2.45) is 0 Å². The van der Waals surface area contributed by atoms with E-state index >= 15 is 0 Å². The summed E-state index contributed by atoms with van der Waals surface area (Å²) in [5.41, 5.74) is 7.96. The minimum Gasteiger partial charge on any atom is -0.492 e. The predicted molar refractivity (Wildman–Crippen MR) is 92.3 cm³/mol. The quantitative estimate of drug-likeness (QED) is 0.736. The third-order valence-electron chi connectivity index (χ3n) is 5.02. The molecule has 0 atom stereocenters. The standard InChI is InChI=1S/C18H26FN3O2/c1-2-12-10-14(16-13(15(12)20)4-3-9-24-16)17(23)22-11-18(19)5-7-21-8-6-18/h10,21H,2-9,11,20H2,1H3,(H,22,23). The molecule has 5 nitrogen and oxygen atoms in total. The zero-order valence-electron chi connectivity index (χ0n) is 14.2. The maximum atomic E-state index is 14.7. The Morgan fingerprint density at radius 3 is 2.92 bits per heavy atom. The molecule has 2 aliphatic rings. The number of halogens is 1. The van der Waals surface area contributed by atoms with Gasteiger partial charge in [0.25, 0.3) is 5.91 Å². The lowest BCUT2D eigenvalue weighted by molar-refractivity contribution is 0.0833. The molecule has 0 aromatic heterocycles. The number of piperidine rings is 1. The fourth-order valence-corrected chi connectivity index (χ4v) is 3.48. The molecule has 2 aliphatic heterocycles. The largest absolute Gasteiger partial charge is 0.492 e. The summed E-state index contributed by atoms with van der Waals surface area (Å²) in [5.74, 6) is 0.296. The van der Waals surface area contributed by atoms with Crippen molar-refractivity contribution >= 4 is 11.6 Å². The second-order valence-corrected chi connectivity index (χ2v) is 6.69. The van der Waals surface area contributed by atoms with Crippen LogP contribution in [-0.4, -0.2) is 37.8 Å². The van der Waals surface area contributed by atoms with E-state index in [0.717, 1.165) is 36.1 Å². The number of nitrogens with one attached hydrogen (secondary N) is 2. The van der Waals surface area contributed by atoms with Crippen LogP contribution in [0.4, 0.5) is 10.1 Å². The molecule has 1 aromatic carbocycles. The third kappa shape index (κ3) is 3.34. The second kappa shape index (κ2) is 6.97. The number of nitrogen functional groups attached to an aromatic ring is 1. The first-order chi connectivity index (χ1) is 11.5. The Labute approximate surface area is 142 Å². The van der Waals surface area contributed by atoms with Crippen LogP contribution in [0.15, 0.2) is 6.07 Å². The molecule has 1 amide bonds. The number of carbonyl (C=O) groups excluding carboxylic acids is 1. The number of alkyl halides is 1. The molecule has 2 heterocycles. The van der Waals surface area contributed by atoms with E-state index in [4.69, 9.17) is 10.5 Å². The minimum absolute atomic E-state index is 0.0358. The monoisotopic (exact) mass is 335 g/mol. The molecule has 1 aromatic rings. The summed E-state index contributed by atoms with van der Waals surface area (Å²) < 4.78 is 20.4. The van der Waals surface area contributed by atoms with Gasteiger partial charge in [-0.1, -0.05) is 6.92 Å². The summed E-state index contributed by atoms with van der Waals surface area (Å²) in [6.07, 6.45) is 3.30. The zero-order chi connectivity index (χ0) is 17.2. The highest BCUT2D eigenvalue weighted by molar-refractivity contribution is 5.98. The van der Waals surface area contributed by atoms with Gasteiger partial charge in [-0.15, -0.1) is 0 Å². The van der Waals surface area contributed by atoms with Crippen molar-refractivity contribution in [3.05, 3.63) is 22.8 Å². The molecule has 0 saturated carbocycles. The molecular weight excluding hydrogens is 309 g/mol. The Balaban J connectivity index is 1.81. The van der Waals surface area contributed by atoms with E-state index in [-0.39, 0.29) is 12.5 Å². The summed E-state index contributed by atoms with van der Waals surface area (Å²) in [6, 6.07) is 1.79. The maximum Gasteiger partial charge on any atom is 0.255 e. The maximum absolute atomic E-state index is 14.7. The first-order valence-electron chi connectivity index (χ1n) is 8.79. The molecule has 4 N–H and O–H groups in total. The molecule has 0 radical (unpaired) electrons. The van der Waals surface area contributed by atoms with E-state index in [0.29, 0.717) is 43.9 Å². The van der Waals surface area contributed by atoms with Crippen LogP contribution >= 0.6 is 0 Å². The van der Waals surface area contributed by atoms with Crippen LogP contribution in [0.1, 0.15) is 47.7 Å². The zero-order valence-corrected chi connectivity index (χ0v) is 14.2. The van der Waals surface area contributed by atoms with E-state index in [9.17, 15) is 9.18 Å². The highest BCUT2D eigenvalue weighted by atomic mass is 19.1. The summed E-state index contributed by atoms with van der Waals surface area (Å²) in [5, 5.41) is 5.90. The van der Waals surface area contributed by atoms with Crippen molar-refractivity contribution < 1.29 is 13.9 Å². The first kappa shape index (κ1) is 17.0. The number of hydrogen-bond acceptors (Lipinski definition) is 4. The normalized spacial score (nSPS) is 19.2. The first-order valence-corrected chi connectivity index (χ1v) is 8.79. The van der Waals surface area contributed by atoms with Crippen molar-refractivity contribution in [2.45, 2.75) is 44.7 Å². The van der Waals surface area contributed by atoms with Gasteiger partial charge in [0.15, 0.2) is 0 Å². The van der Waals surface area contributed by atoms with Crippen LogP contribution in [0.2, 0.25) is 0 Å². The lowest BCUT2D eigenvalue weighted by Crippen LogP contribution is -2.46. The van der Waals surface area contributed by atoms with E-state index in [1.807, 2.05) is 6.92 Å². The molecule has 1 fully saturated rings. The number of fused-ring (bicyclic) bond motifs is 1. The smallest absolute Gasteiger partial charge is 0.255 e. The van der Waals surface area contributed by atoms with Crippen molar-refractivity contribution in [3.8, 4) is 5.75 Å². The number of amides is 1. The number of rotatable bonds is 4. The molecule has 0 spiro atoms. The number of hydrogen-bond donors (Lipinski definition) is 3. The molecule has 0 aliphatic carbocycles. The van der Waals surface area contributed by atoms with Crippen LogP contribution < -0.4 is 21.1 Å². The lowest BCUT2D eigenvalue weighted by atomic mass is 9.93. The number of aryl methyl sites for hydroxylation is 1. The third-order valence-corrected chi connectivity index (χ3v) is 5.02. The molecule has 1 saturated heterocycles. The van der Waals surface area contributed by atoms with Gasteiger partial charge in [-0.2, -0.15) is 0 Å². The SMILES string of the molecule is CCc1cc(C(=O)NCC2(F)CCNCC2)c2c(c1N)CCCO2. The van der Waals surface area contributed by atoms with E-state index in [1.54, 1.807) is 6.07 Å². The Hall–Kier alpha value is -1.82. The van der Waals surface area contributed by atoms with Gasteiger partial charge in [-0.3, -0.25) is 4.79 Å². The van der Waals surface area contributed by atoms with E-state index in [2.05, 4.69) is 10.6 Å². The molecule has 6 heteroatoms. The topological polar surface area (TPSA) is 76.4 Å². The van der Waals surface area contributed by atoms with Gasteiger partial charge in [0, 0.05) is 11.3 Å². The van der Waals surface area contributed by atoms with Gasteiger partial charge in [0.1, 0.15) is 11.4 Å². The number of carbonyl (C=O) groups is 1. The minimum atomic E-state index is -1.33. The Morgan fingerprint density at radius 1 is 1.46 bits per heavy atom. The van der Waals surface area contributed by atoms with Crippen molar-refractivity contribution in [1.29, 1.82) is 0 Å². The van der Waals surface area contributed by atoms with Gasteiger partial charge in [-0.25, -0.2) is 4.39 Å². The van der Waals surface area contributed by atoms with Gasteiger partial charge in [0.2, 0.25) is 0 Å².